The van der Waals surface area contributed by atoms with Crippen LogP contribution in [0.5, 0.6) is 0 Å². The van der Waals surface area contributed by atoms with Crippen molar-refractivity contribution in [3.63, 3.8) is 0 Å². The molecule has 2 atom stereocenters. The van der Waals surface area contributed by atoms with Crippen LogP contribution in [0, 0.1) is 11.8 Å². The number of esters is 1. The van der Waals surface area contributed by atoms with Crippen LogP contribution in [0.1, 0.15) is 60.3 Å². The SMILES string of the molecule is CCCCC(O)(CC)C(C(=O)OCC)C(C)C. The predicted molar refractivity (Wildman–Crippen MR) is 69.7 cm³/mol. The van der Waals surface area contributed by atoms with Gasteiger partial charge in [0.05, 0.1) is 18.1 Å². The summed E-state index contributed by atoms with van der Waals surface area (Å²) in [4.78, 5) is 12.0. The minimum Gasteiger partial charge on any atom is -0.466 e. The molecule has 0 radical (unpaired) electrons. The van der Waals surface area contributed by atoms with Crippen LogP contribution >= 0.6 is 0 Å². The highest BCUT2D eigenvalue weighted by atomic mass is 16.5. The molecule has 0 saturated carbocycles. The third-order valence-electron chi connectivity index (χ3n) is 3.36. The van der Waals surface area contributed by atoms with E-state index < -0.39 is 11.5 Å². The fourth-order valence-corrected chi connectivity index (χ4v) is 2.38. The number of unbranched alkanes of at least 4 members (excludes halogenated alkanes) is 1. The number of ether oxygens (including phenoxy) is 1. The summed E-state index contributed by atoms with van der Waals surface area (Å²) in [7, 11) is 0. The maximum Gasteiger partial charge on any atom is 0.312 e. The standard InChI is InChI=1S/C14H28O3/c1-6-9-10-14(16,7-2)12(11(4)5)13(15)17-8-3/h11-12,16H,6-10H2,1-5H3. The molecule has 0 spiro atoms. The van der Waals surface area contributed by atoms with E-state index in [0.717, 1.165) is 12.8 Å². The van der Waals surface area contributed by atoms with E-state index >= 15 is 0 Å². The summed E-state index contributed by atoms with van der Waals surface area (Å²) in [5.74, 6) is -0.585. The van der Waals surface area contributed by atoms with E-state index in [2.05, 4.69) is 6.92 Å². The van der Waals surface area contributed by atoms with E-state index in [-0.39, 0.29) is 11.9 Å². The van der Waals surface area contributed by atoms with Crippen molar-refractivity contribution in [1.29, 1.82) is 0 Å². The Balaban J connectivity index is 4.90. The van der Waals surface area contributed by atoms with E-state index in [1.807, 2.05) is 20.8 Å². The molecule has 0 bridgehead atoms. The molecule has 0 amide bonds. The summed E-state index contributed by atoms with van der Waals surface area (Å²) < 4.78 is 5.09. The van der Waals surface area contributed by atoms with Crippen LogP contribution in [0.25, 0.3) is 0 Å². The molecule has 102 valence electrons. The Kier molecular flexibility index (Phi) is 7.44. The molecule has 3 nitrogen and oxygen atoms in total. The van der Waals surface area contributed by atoms with Crippen LogP contribution in [0.3, 0.4) is 0 Å². The third-order valence-corrected chi connectivity index (χ3v) is 3.36. The third kappa shape index (κ3) is 4.66. The van der Waals surface area contributed by atoms with Crippen LogP contribution in [0.4, 0.5) is 0 Å². The van der Waals surface area contributed by atoms with Gasteiger partial charge in [0.25, 0.3) is 0 Å². The van der Waals surface area contributed by atoms with E-state index in [0.29, 0.717) is 19.4 Å². The van der Waals surface area contributed by atoms with E-state index in [1.54, 1.807) is 6.92 Å². The maximum absolute atomic E-state index is 12.0. The molecule has 0 aliphatic rings. The normalized spacial score (nSPS) is 16.6. The van der Waals surface area contributed by atoms with Crippen LogP contribution in [-0.4, -0.2) is 23.3 Å². The van der Waals surface area contributed by atoms with Crippen molar-refractivity contribution >= 4 is 5.97 Å². The Morgan fingerprint density at radius 3 is 2.24 bits per heavy atom. The second kappa shape index (κ2) is 7.70. The maximum atomic E-state index is 12.0. The van der Waals surface area contributed by atoms with Gasteiger partial charge in [0, 0.05) is 0 Å². The Morgan fingerprint density at radius 2 is 1.88 bits per heavy atom. The van der Waals surface area contributed by atoms with E-state index in [1.165, 1.54) is 0 Å². The molecule has 1 N–H and O–H groups in total. The van der Waals surface area contributed by atoms with Crippen molar-refractivity contribution in [3.8, 4) is 0 Å². The summed E-state index contributed by atoms with van der Waals surface area (Å²) in [5, 5.41) is 10.7. The molecule has 0 aromatic rings. The molecule has 0 fully saturated rings. The second-order valence-electron chi connectivity index (χ2n) is 5.03. The molecule has 0 heterocycles. The average Bonchev–Trinajstić information content (AvgIpc) is 2.26. The van der Waals surface area contributed by atoms with Gasteiger partial charge in [-0.3, -0.25) is 4.79 Å². The lowest BCUT2D eigenvalue weighted by Crippen LogP contribution is -2.45. The average molecular weight is 244 g/mol. The monoisotopic (exact) mass is 244 g/mol. The van der Waals surface area contributed by atoms with Gasteiger partial charge in [-0.15, -0.1) is 0 Å². The molecular weight excluding hydrogens is 216 g/mol. The lowest BCUT2D eigenvalue weighted by Gasteiger charge is -2.36. The Bertz CT molecular complexity index is 226. The molecule has 0 aromatic carbocycles. The highest BCUT2D eigenvalue weighted by Crippen LogP contribution is 2.33. The van der Waals surface area contributed by atoms with Crippen molar-refractivity contribution in [2.45, 2.75) is 65.9 Å². The van der Waals surface area contributed by atoms with Crippen molar-refractivity contribution in [2.75, 3.05) is 6.61 Å². The minimum atomic E-state index is -0.920. The van der Waals surface area contributed by atoms with Gasteiger partial charge in [0.2, 0.25) is 0 Å². The second-order valence-corrected chi connectivity index (χ2v) is 5.03. The van der Waals surface area contributed by atoms with Crippen LogP contribution < -0.4 is 0 Å². The number of carbonyl (C=O) groups excluding carboxylic acids is 1. The van der Waals surface area contributed by atoms with Gasteiger partial charge in [-0.1, -0.05) is 40.5 Å². The molecular formula is C14H28O3. The van der Waals surface area contributed by atoms with Crippen molar-refractivity contribution in [1.82, 2.24) is 0 Å². The number of carbonyl (C=O) groups is 1. The van der Waals surface area contributed by atoms with Crippen LogP contribution in [0.2, 0.25) is 0 Å². The van der Waals surface area contributed by atoms with Gasteiger partial charge < -0.3 is 9.84 Å². The van der Waals surface area contributed by atoms with Crippen LogP contribution in [-0.2, 0) is 9.53 Å². The lowest BCUT2D eigenvalue weighted by molar-refractivity contribution is -0.163. The summed E-state index contributed by atoms with van der Waals surface area (Å²) in [5.41, 5.74) is -0.920. The Hall–Kier alpha value is -0.570. The summed E-state index contributed by atoms with van der Waals surface area (Å²) in [6.45, 7) is 10.1. The Morgan fingerprint density at radius 1 is 1.29 bits per heavy atom. The first-order valence-electron chi connectivity index (χ1n) is 6.81. The highest BCUT2D eigenvalue weighted by Gasteiger charge is 2.42. The van der Waals surface area contributed by atoms with Crippen molar-refractivity contribution < 1.29 is 14.6 Å². The minimum absolute atomic E-state index is 0.0934. The van der Waals surface area contributed by atoms with Gasteiger partial charge in [-0.2, -0.15) is 0 Å². The quantitative estimate of drug-likeness (QED) is 0.667. The first-order chi connectivity index (χ1) is 7.92. The van der Waals surface area contributed by atoms with Gasteiger partial charge in [0.15, 0.2) is 0 Å². The predicted octanol–water partition coefficient (Wildman–Crippen LogP) is 3.15. The molecule has 0 rings (SSSR count). The van der Waals surface area contributed by atoms with Gasteiger partial charge in [-0.25, -0.2) is 0 Å². The zero-order valence-corrected chi connectivity index (χ0v) is 12.0. The largest absolute Gasteiger partial charge is 0.466 e. The zero-order chi connectivity index (χ0) is 13.5. The molecule has 0 saturated heterocycles. The molecule has 3 heteroatoms. The zero-order valence-electron chi connectivity index (χ0n) is 12.0. The molecule has 2 unspecified atom stereocenters. The topological polar surface area (TPSA) is 46.5 Å². The van der Waals surface area contributed by atoms with E-state index in [4.69, 9.17) is 4.74 Å². The molecule has 0 aromatic heterocycles. The van der Waals surface area contributed by atoms with Crippen molar-refractivity contribution in [2.24, 2.45) is 11.8 Å². The number of rotatable bonds is 8. The van der Waals surface area contributed by atoms with Crippen LogP contribution in [0.15, 0.2) is 0 Å². The fraction of sp³-hybridized carbons (Fsp3) is 0.929. The summed E-state index contributed by atoms with van der Waals surface area (Å²) >= 11 is 0. The summed E-state index contributed by atoms with van der Waals surface area (Å²) in [6, 6.07) is 0. The van der Waals surface area contributed by atoms with E-state index in [9.17, 15) is 9.90 Å². The van der Waals surface area contributed by atoms with Gasteiger partial charge >= 0.3 is 5.97 Å². The lowest BCUT2D eigenvalue weighted by atomic mass is 9.75. The van der Waals surface area contributed by atoms with Gasteiger partial charge in [0.1, 0.15) is 0 Å². The van der Waals surface area contributed by atoms with Gasteiger partial charge in [-0.05, 0) is 25.7 Å². The smallest absolute Gasteiger partial charge is 0.312 e. The number of aliphatic hydroxyl groups is 1. The first kappa shape index (κ1) is 16.4. The molecule has 17 heavy (non-hydrogen) atoms. The Labute approximate surface area is 106 Å². The highest BCUT2D eigenvalue weighted by molar-refractivity contribution is 5.74. The molecule has 0 aliphatic heterocycles. The summed E-state index contributed by atoms with van der Waals surface area (Å²) in [6.07, 6.45) is 3.22. The fourth-order valence-electron chi connectivity index (χ4n) is 2.38. The van der Waals surface area contributed by atoms with Crippen molar-refractivity contribution in [3.05, 3.63) is 0 Å². The number of hydrogen-bond acceptors (Lipinski definition) is 3. The molecule has 0 aliphatic carbocycles. The number of hydrogen-bond donors (Lipinski definition) is 1. The first-order valence-corrected chi connectivity index (χ1v) is 6.81.